The molecule has 1 aromatic heterocycles. The summed E-state index contributed by atoms with van der Waals surface area (Å²) in [5, 5.41) is 12.2. The Kier molecular flexibility index (Phi) is 4.84. The second-order valence-electron chi connectivity index (χ2n) is 11.9. The van der Waals surface area contributed by atoms with E-state index in [-0.39, 0.29) is 6.42 Å². The summed E-state index contributed by atoms with van der Waals surface area (Å²) in [7, 11) is 1.28. The Balaban J connectivity index is 1.44. The molecule has 2 aliphatic carbocycles. The zero-order valence-electron chi connectivity index (χ0n) is 21.1. The number of carbonyl (C=O) groups is 3. The fraction of sp³-hybridized carbons (Fsp3) is 0.667. The van der Waals surface area contributed by atoms with E-state index in [1.807, 2.05) is 13.8 Å². The first-order valence-electron chi connectivity index (χ1n) is 12.6. The molecular formula is C27H32O9. The van der Waals surface area contributed by atoms with Gasteiger partial charge in [0.1, 0.15) is 6.10 Å². The smallest absolute Gasteiger partial charge is 0.335 e. The van der Waals surface area contributed by atoms with Gasteiger partial charge in [0, 0.05) is 40.2 Å². The zero-order valence-corrected chi connectivity index (χ0v) is 21.1. The van der Waals surface area contributed by atoms with Crippen LogP contribution in [-0.2, 0) is 33.3 Å². The van der Waals surface area contributed by atoms with Gasteiger partial charge in [-0.3, -0.25) is 4.79 Å². The number of ketones is 1. The van der Waals surface area contributed by atoms with Gasteiger partial charge in [-0.2, -0.15) is 0 Å². The summed E-state index contributed by atoms with van der Waals surface area (Å²) in [5.74, 6) is -4.52. The van der Waals surface area contributed by atoms with Crippen LogP contribution in [0.15, 0.2) is 34.7 Å². The van der Waals surface area contributed by atoms with Crippen molar-refractivity contribution >= 4 is 17.7 Å². The molecule has 0 radical (unpaired) electrons. The highest BCUT2D eigenvalue weighted by Crippen LogP contribution is 2.67. The molecule has 9 heteroatoms. The number of Topliss-reactive ketones (excluding diaryl/α,β-unsaturated/α-hetero) is 1. The number of cyclic esters (lactones) is 1. The van der Waals surface area contributed by atoms with Gasteiger partial charge in [-0.05, 0) is 30.9 Å². The molecule has 5 aliphatic rings. The monoisotopic (exact) mass is 500 g/mol. The molecule has 0 unspecified atom stereocenters. The summed E-state index contributed by atoms with van der Waals surface area (Å²) in [5.41, 5.74) is -2.08. The standard InChI is InChI=1S/C27H32O9/c1-13-19-20(22(29)32-5)36-27(13)26(31,23(30)24(19,2)3)11-15-16-10-18(28)34-21(14-7-9-33-12-14)25(16,4)8-6-17(15)35-27/h7,9-10,12-13,15,17,19-21,31H,6,8,11H2,1-5H3/t13-,15+,17-,19-,20+,21-,25+,26-,27-/m1/s1. The Morgan fingerprint density at radius 3 is 2.61 bits per heavy atom. The van der Waals surface area contributed by atoms with Crippen LogP contribution in [0.2, 0.25) is 0 Å². The molecule has 36 heavy (non-hydrogen) atoms. The summed E-state index contributed by atoms with van der Waals surface area (Å²) in [4.78, 5) is 39.4. The quantitative estimate of drug-likeness (QED) is 0.611. The molecule has 2 saturated heterocycles. The molecule has 194 valence electrons. The number of rotatable bonds is 2. The predicted molar refractivity (Wildman–Crippen MR) is 122 cm³/mol. The molecule has 1 spiro atoms. The van der Waals surface area contributed by atoms with Crippen molar-refractivity contribution in [2.24, 2.45) is 28.6 Å². The minimum absolute atomic E-state index is 0.0255. The van der Waals surface area contributed by atoms with Crippen LogP contribution in [0.5, 0.6) is 0 Å². The maximum atomic E-state index is 14.0. The molecule has 3 aliphatic heterocycles. The Morgan fingerprint density at radius 1 is 1.19 bits per heavy atom. The second kappa shape index (κ2) is 7.30. The predicted octanol–water partition coefficient (Wildman–Crippen LogP) is 2.87. The van der Waals surface area contributed by atoms with Gasteiger partial charge in [-0.25, -0.2) is 9.59 Å². The molecule has 9 nitrogen and oxygen atoms in total. The summed E-state index contributed by atoms with van der Waals surface area (Å²) in [6.07, 6.45) is 3.90. The minimum atomic E-state index is -2.01. The van der Waals surface area contributed by atoms with Crippen molar-refractivity contribution in [1.82, 2.24) is 0 Å². The van der Waals surface area contributed by atoms with Gasteiger partial charge in [0.25, 0.3) is 0 Å². The lowest BCUT2D eigenvalue weighted by Crippen LogP contribution is -2.75. The topological polar surface area (TPSA) is 122 Å². The molecule has 6 rings (SSSR count). The summed E-state index contributed by atoms with van der Waals surface area (Å²) in [6, 6.07) is 1.78. The third-order valence-corrected chi connectivity index (χ3v) is 9.80. The van der Waals surface area contributed by atoms with Gasteiger partial charge in [-0.1, -0.05) is 27.7 Å². The molecule has 9 atom stereocenters. The van der Waals surface area contributed by atoms with Crippen molar-refractivity contribution in [3.8, 4) is 0 Å². The number of carbonyl (C=O) groups excluding carboxylic acids is 3. The third-order valence-electron chi connectivity index (χ3n) is 9.80. The molecular weight excluding hydrogens is 468 g/mol. The number of hydrogen-bond acceptors (Lipinski definition) is 9. The van der Waals surface area contributed by atoms with Crippen LogP contribution < -0.4 is 0 Å². The van der Waals surface area contributed by atoms with E-state index in [0.29, 0.717) is 12.8 Å². The Bertz CT molecular complexity index is 1170. The van der Waals surface area contributed by atoms with Crippen LogP contribution in [-0.4, -0.2) is 53.5 Å². The maximum Gasteiger partial charge on any atom is 0.335 e. The van der Waals surface area contributed by atoms with Gasteiger partial charge in [0.15, 0.2) is 17.5 Å². The van der Waals surface area contributed by atoms with Gasteiger partial charge in [0.05, 0.1) is 25.7 Å². The lowest BCUT2D eigenvalue weighted by Gasteiger charge is -2.61. The van der Waals surface area contributed by atoms with Gasteiger partial charge in [0.2, 0.25) is 5.79 Å². The second-order valence-corrected chi connectivity index (χ2v) is 11.9. The first kappa shape index (κ1) is 23.9. The van der Waals surface area contributed by atoms with Crippen LogP contribution >= 0.6 is 0 Å². The van der Waals surface area contributed by atoms with Crippen molar-refractivity contribution in [2.75, 3.05) is 7.11 Å². The largest absolute Gasteiger partial charge is 0.472 e. The highest BCUT2D eigenvalue weighted by Gasteiger charge is 2.80. The van der Waals surface area contributed by atoms with E-state index in [9.17, 15) is 19.5 Å². The summed E-state index contributed by atoms with van der Waals surface area (Å²) >= 11 is 0. The maximum absolute atomic E-state index is 14.0. The fourth-order valence-corrected chi connectivity index (χ4v) is 8.13. The van der Waals surface area contributed by atoms with Crippen LogP contribution in [0.1, 0.15) is 58.6 Å². The van der Waals surface area contributed by atoms with E-state index in [4.69, 9.17) is 23.4 Å². The van der Waals surface area contributed by atoms with E-state index in [1.54, 1.807) is 32.4 Å². The van der Waals surface area contributed by atoms with Crippen molar-refractivity contribution < 1.29 is 42.9 Å². The molecule has 0 amide bonds. The van der Waals surface area contributed by atoms with Crippen LogP contribution in [0.4, 0.5) is 0 Å². The first-order chi connectivity index (χ1) is 16.9. The first-order valence-corrected chi connectivity index (χ1v) is 12.6. The highest BCUT2D eigenvalue weighted by molar-refractivity contribution is 5.96. The van der Waals surface area contributed by atoms with Crippen LogP contribution in [0.3, 0.4) is 0 Å². The summed E-state index contributed by atoms with van der Waals surface area (Å²) < 4.78 is 28.9. The SMILES string of the molecule is COC(=O)[C@H]1O[C@@]23O[C@@H]4CC[C@@]5(C)C(=CC(=O)O[C@@H]5c5ccoc5)[C@@H]4C[C@@]2(O)C(=O)C(C)(C)[C@@H]1[C@H]3C. The normalized spacial score (nSPS) is 46.7. The lowest BCUT2D eigenvalue weighted by atomic mass is 9.51. The van der Waals surface area contributed by atoms with Crippen LogP contribution in [0.25, 0.3) is 0 Å². The van der Waals surface area contributed by atoms with Gasteiger partial charge >= 0.3 is 11.9 Å². The number of esters is 2. The number of ether oxygens (including phenoxy) is 4. The Hall–Kier alpha value is -2.49. The average Bonchev–Trinajstić information content (AvgIpc) is 3.45. The minimum Gasteiger partial charge on any atom is -0.472 e. The van der Waals surface area contributed by atoms with Gasteiger partial charge in [-0.15, -0.1) is 0 Å². The Labute approximate surface area is 209 Å². The number of methoxy groups -OCH3 is 1. The molecule has 4 fully saturated rings. The molecule has 1 aromatic rings. The number of aliphatic hydroxyl groups is 1. The average molecular weight is 501 g/mol. The fourth-order valence-electron chi connectivity index (χ4n) is 8.13. The molecule has 1 N–H and O–H groups in total. The lowest BCUT2D eigenvalue weighted by molar-refractivity contribution is -0.366. The Morgan fingerprint density at radius 2 is 1.94 bits per heavy atom. The van der Waals surface area contributed by atoms with E-state index >= 15 is 0 Å². The van der Waals surface area contributed by atoms with E-state index < -0.39 is 76.0 Å². The molecule has 2 bridgehead atoms. The van der Waals surface area contributed by atoms with E-state index in [1.165, 1.54) is 13.2 Å². The zero-order chi connectivity index (χ0) is 25.8. The van der Waals surface area contributed by atoms with Gasteiger partial charge < -0.3 is 28.5 Å². The van der Waals surface area contributed by atoms with Crippen LogP contribution in [0, 0.1) is 28.6 Å². The van der Waals surface area contributed by atoms with E-state index in [2.05, 4.69) is 0 Å². The number of furan rings is 1. The molecule has 2 saturated carbocycles. The van der Waals surface area contributed by atoms with Crippen molar-refractivity contribution in [1.29, 1.82) is 0 Å². The van der Waals surface area contributed by atoms with E-state index in [0.717, 1.165) is 11.1 Å². The third kappa shape index (κ3) is 2.69. The van der Waals surface area contributed by atoms with Crippen molar-refractivity contribution in [3.63, 3.8) is 0 Å². The molecule has 0 aromatic carbocycles. The highest BCUT2D eigenvalue weighted by atomic mass is 16.7. The number of hydrogen-bond donors (Lipinski definition) is 1. The summed E-state index contributed by atoms with van der Waals surface area (Å²) in [6.45, 7) is 7.39. The molecule has 4 heterocycles. The van der Waals surface area contributed by atoms with Crippen molar-refractivity contribution in [3.05, 3.63) is 35.8 Å². The number of fused-ring (bicyclic) bond motifs is 4. The van der Waals surface area contributed by atoms with Crippen molar-refractivity contribution in [2.45, 2.75) is 76.7 Å².